The summed E-state index contributed by atoms with van der Waals surface area (Å²) in [7, 11) is 0. The lowest BCUT2D eigenvalue weighted by Crippen LogP contribution is -2.48. The Morgan fingerprint density at radius 2 is 2.18 bits per heavy atom. The van der Waals surface area contributed by atoms with E-state index in [4.69, 9.17) is 5.11 Å². The zero-order valence-electron chi connectivity index (χ0n) is 9.65. The second kappa shape index (κ2) is 5.73. The smallest absolute Gasteiger partial charge is 0.306 e. The first kappa shape index (κ1) is 12.7. The first-order chi connectivity index (χ1) is 8.16. The summed E-state index contributed by atoms with van der Waals surface area (Å²) < 4.78 is 0. The van der Waals surface area contributed by atoms with Crippen LogP contribution in [0.4, 0.5) is 0 Å². The SMILES string of the molecule is O=C(O)C1CCCC(NC(=O)C2CSCN2)C1. The summed E-state index contributed by atoms with van der Waals surface area (Å²) in [4.78, 5) is 22.8. The fourth-order valence-electron chi connectivity index (χ4n) is 2.41. The van der Waals surface area contributed by atoms with Gasteiger partial charge in [0, 0.05) is 17.7 Å². The highest BCUT2D eigenvalue weighted by molar-refractivity contribution is 7.99. The third-order valence-corrected chi connectivity index (χ3v) is 4.34. The number of hydrogen-bond acceptors (Lipinski definition) is 4. The van der Waals surface area contributed by atoms with Gasteiger partial charge in [0.15, 0.2) is 0 Å². The number of carboxylic acids is 1. The maximum Gasteiger partial charge on any atom is 0.306 e. The summed E-state index contributed by atoms with van der Waals surface area (Å²) in [6.07, 6.45) is 3.09. The van der Waals surface area contributed by atoms with Crippen LogP contribution < -0.4 is 10.6 Å². The predicted octanol–water partition coefficient (Wildman–Crippen LogP) is 0.408. The van der Waals surface area contributed by atoms with Gasteiger partial charge in [-0.05, 0) is 19.3 Å². The van der Waals surface area contributed by atoms with E-state index in [2.05, 4.69) is 10.6 Å². The Bertz CT molecular complexity index is 305. The second-order valence-corrected chi connectivity index (χ2v) is 5.71. The van der Waals surface area contributed by atoms with Crippen molar-refractivity contribution < 1.29 is 14.7 Å². The van der Waals surface area contributed by atoms with E-state index in [1.165, 1.54) is 0 Å². The molecule has 1 heterocycles. The third-order valence-electron chi connectivity index (χ3n) is 3.40. The summed E-state index contributed by atoms with van der Waals surface area (Å²) in [6, 6.07) is -0.0741. The van der Waals surface area contributed by atoms with E-state index in [1.807, 2.05) is 0 Å². The van der Waals surface area contributed by atoms with Crippen molar-refractivity contribution in [3.05, 3.63) is 0 Å². The molecule has 2 aliphatic rings. The monoisotopic (exact) mass is 258 g/mol. The third kappa shape index (κ3) is 3.35. The molecule has 1 aliphatic heterocycles. The van der Waals surface area contributed by atoms with Crippen molar-refractivity contribution in [2.75, 3.05) is 11.6 Å². The van der Waals surface area contributed by atoms with Crippen LogP contribution in [0.1, 0.15) is 25.7 Å². The molecule has 3 N–H and O–H groups in total. The van der Waals surface area contributed by atoms with Crippen LogP contribution in [0.2, 0.25) is 0 Å². The standard InChI is InChI=1S/C11H18N2O3S/c14-10(9-5-17-6-12-9)13-8-3-1-2-7(4-8)11(15)16/h7-9,12H,1-6H2,(H,13,14)(H,15,16). The molecule has 1 aliphatic carbocycles. The summed E-state index contributed by atoms with van der Waals surface area (Å²) in [5.41, 5.74) is 0. The van der Waals surface area contributed by atoms with Gasteiger partial charge < -0.3 is 10.4 Å². The van der Waals surface area contributed by atoms with Crippen molar-refractivity contribution in [1.82, 2.24) is 10.6 Å². The summed E-state index contributed by atoms with van der Waals surface area (Å²) >= 11 is 1.71. The van der Waals surface area contributed by atoms with Crippen LogP contribution in [-0.2, 0) is 9.59 Å². The van der Waals surface area contributed by atoms with Crippen LogP contribution in [-0.4, -0.2) is 40.7 Å². The van der Waals surface area contributed by atoms with Crippen LogP contribution in [0.25, 0.3) is 0 Å². The van der Waals surface area contributed by atoms with Crippen molar-refractivity contribution in [2.45, 2.75) is 37.8 Å². The lowest BCUT2D eigenvalue weighted by molar-refractivity contribution is -0.143. The van der Waals surface area contributed by atoms with E-state index in [1.54, 1.807) is 11.8 Å². The first-order valence-corrected chi connectivity index (χ1v) is 7.16. The van der Waals surface area contributed by atoms with Gasteiger partial charge in [0.1, 0.15) is 0 Å². The average Bonchev–Trinajstić information content (AvgIpc) is 2.82. The average molecular weight is 258 g/mol. The van der Waals surface area contributed by atoms with Gasteiger partial charge in [-0.3, -0.25) is 14.9 Å². The Hall–Kier alpha value is -0.750. The molecule has 1 amide bonds. The minimum atomic E-state index is -0.738. The first-order valence-electron chi connectivity index (χ1n) is 6.01. The van der Waals surface area contributed by atoms with E-state index in [9.17, 15) is 9.59 Å². The number of rotatable bonds is 3. The second-order valence-electron chi connectivity index (χ2n) is 4.68. The zero-order chi connectivity index (χ0) is 12.3. The fraction of sp³-hybridized carbons (Fsp3) is 0.818. The molecule has 0 radical (unpaired) electrons. The summed E-state index contributed by atoms with van der Waals surface area (Å²) in [6.45, 7) is 0. The van der Waals surface area contributed by atoms with Gasteiger partial charge >= 0.3 is 5.97 Å². The molecule has 0 aromatic rings. The number of thioether (sulfide) groups is 1. The van der Waals surface area contributed by atoms with Gasteiger partial charge in [-0.25, -0.2) is 0 Å². The highest BCUT2D eigenvalue weighted by Crippen LogP contribution is 2.24. The van der Waals surface area contributed by atoms with Crippen LogP contribution in [0.3, 0.4) is 0 Å². The van der Waals surface area contributed by atoms with E-state index in [0.717, 1.165) is 30.9 Å². The van der Waals surface area contributed by atoms with Gasteiger partial charge in [-0.15, -0.1) is 11.8 Å². The Morgan fingerprint density at radius 1 is 1.35 bits per heavy atom. The molecule has 0 spiro atoms. The van der Waals surface area contributed by atoms with Gasteiger partial charge in [-0.2, -0.15) is 0 Å². The molecular weight excluding hydrogens is 240 g/mol. The topological polar surface area (TPSA) is 78.4 Å². The maximum atomic E-state index is 11.9. The molecule has 0 bridgehead atoms. The van der Waals surface area contributed by atoms with E-state index in [0.29, 0.717) is 6.42 Å². The molecule has 5 nitrogen and oxygen atoms in total. The molecule has 3 unspecified atom stereocenters. The van der Waals surface area contributed by atoms with Crippen molar-refractivity contribution >= 4 is 23.6 Å². The lowest BCUT2D eigenvalue weighted by Gasteiger charge is -2.28. The van der Waals surface area contributed by atoms with Crippen LogP contribution >= 0.6 is 11.8 Å². The molecule has 0 aromatic carbocycles. The number of aliphatic carboxylic acids is 1. The summed E-state index contributed by atoms with van der Waals surface area (Å²) in [5.74, 6) is 0.617. The summed E-state index contributed by atoms with van der Waals surface area (Å²) in [5, 5.41) is 15.1. The minimum absolute atomic E-state index is 0.0195. The van der Waals surface area contributed by atoms with Crippen LogP contribution in [0.5, 0.6) is 0 Å². The largest absolute Gasteiger partial charge is 0.481 e. The molecule has 1 saturated heterocycles. The molecule has 1 saturated carbocycles. The molecule has 2 rings (SSSR count). The van der Waals surface area contributed by atoms with Crippen molar-refractivity contribution in [3.8, 4) is 0 Å². The fourth-order valence-corrected chi connectivity index (χ4v) is 3.35. The molecule has 96 valence electrons. The minimum Gasteiger partial charge on any atom is -0.481 e. The molecule has 2 fully saturated rings. The molecule has 0 aromatic heterocycles. The molecule has 17 heavy (non-hydrogen) atoms. The highest BCUT2D eigenvalue weighted by atomic mass is 32.2. The quantitative estimate of drug-likeness (QED) is 0.683. The Labute approximate surface area is 105 Å². The Kier molecular flexibility index (Phi) is 4.28. The number of hydrogen-bond donors (Lipinski definition) is 3. The van der Waals surface area contributed by atoms with E-state index in [-0.39, 0.29) is 23.9 Å². The molecule has 3 atom stereocenters. The predicted molar refractivity (Wildman–Crippen MR) is 65.8 cm³/mol. The van der Waals surface area contributed by atoms with E-state index < -0.39 is 5.97 Å². The number of carboxylic acid groups (broad SMARTS) is 1. The molecular formula is C11H18N2O3S. The normalized spacial score (nSPS) is 33.3. The van der Waals surface area contributed by atoms with Crippen LogP contribution in [0.15, 0.2) is 0 Å². The van der Waals surface area contributed by atoms with Gasteiger partial charge in [0.05, 0.1) is 12.0 Å². The number of amides is 1. The van der Waals surface area contributed by atoms with Crippen molar-refractivity contribution in [3.63, 3.8) is 0 Å². The van der Waals surface area contributed by atoms with Crippen molar-refractivity contribution in [2.24, 2.45) is 5.92 Å². The maximum absolute atomic E-state index is 11.9. The van der Waals surface area contributed by atoms with Crippen LogP contribution in [0, 0.1) is 5.92 Å². The zero-order valence-corrected chi connectivity index (χ0v) is 10.5. The highest BCUT2D eigenvalue weighted by Gasteiger charge is 2.30. The Morgan fingerprint density at radius 3 is 2.82 bits per heavy atom. The Balaban J connectivity index is 1.81. The van der Waals surface area contributed by atoms with Gasteiger partial charge in [0.2, 0.25) is 5.91 Å². The van der Waals surface area contributed by atoms with Crippen molar-refractivity contribution in [1.29, 1.82) is 0 Å². The van der Waals surface area contributed by atoms with Gasteiger partial charge in [-0.1, -0.05) is 6.42 Å². The van der Waals surface area contributed by atoms with E-state index >= 15 is 0 Å². The number of carbonyl (C=O) groups excluding carboxylic acids is 1. The number of nitrogens with one attached hydrogen (secondary N) is 2. The number of carbonyl (C=O) groups is 2. The molecule has 6 heteroatoms. The van der Waals surface area contributed by atoms with Gasteiger partial charge in [0.25, 0.3) is 0 Å². The lowest BCUT2D eigenvalue weighted by atomic mass is 9.85.